The molecule has 1 rings (SSSR count). The molecule has 0 aliphatic heterocycles. The molecule has 0 fully saturated rings. The number of alkyl carbamates (subject to hydrolysis) is 1. The second-order valence-electron chi connectivity index (χ2n) is 4.46. The highest BCUT2D eigenvalue weighted by Crippen LogP contribution is 2.18. The van der Waals surface area contributed by atoms with Crippen molar-refractivity contribution >= 4 is 6.09 Å². The first kappa shape index (κ1) is 15.3. The van der Waals surface area contributed by atoms with Gasteiger partial charge in [-0.3, -0.25) is 0 Å². The van der Waals surface area contributed by atoms with Crippen LogP contribution in [0.4, 0.5) is 4.79 Å². The molecule has 19 heavy (non-hydrogen) atoms. The average Bonchev–Trinajstić information content (AvgIpc) is 2.36. The van der Waals surface area contributed by atoms with Gasteiger partial charge in [-0.2, -0.15) is 0 Å². The van der Waals surface area contributed by atoms with Crippen LogP contribution in [-0.4, -0.2) is 30.5 Å². The molecule has 0 bridgehead atoms. The van der Waals surface area contributed by atoms with Gasteiger partial charge in [0.15, 0.2) is 0 Å². The largest absolute Gasteiger partial charge is 0.491 e. The van der Waals surface area contributed by atoms with Crippen LogP contribution in [0.2, 0.25) is 0 Å². The maximum Gasteiger partial charge on any atom is 0.407 e. The van der Waals surface area contributed by atoms with Crippen molar-refractivity contribution in [3.8, 4) is 5.75 Å². The standard InChI is InChI=1S/C14H21NO4/c1-10(2)19-13-6-4-12(5-7-13)11(3)15-14(17)18-9-8-16/h4-7,10-11,16H,8-9H2,1-3H3,(H,15,17). The van der Waals surface area contributed by atoms with Gasteiger partial charge in [-0.1, -0.05) is 12.1 Å². The number of aliphatic hydroxyl groups is 1. The van der Waals surface area contributed by atoms with E-state index in [1.807, 2.05) is 45.0 Å². The van der Waals surface area contributed by atoms with E-state index in [9.17, 15) is 4.79 Å². The van der Waals surface area contributed by atoms with Gasteiger partial charge in [-0.05, 0) is 38.5 Å². The highest BCUT2D eigenvalue weighted by Gasteiger charge is 2.10. The molecule has 5 nitrogen and oxygen atoms in total. The molecular weight excluding hydrogens is 246 g/mol. The molecular formula is C14H21NO4. The van der Waals surface area contributed by atoms with Crippen molar-refractivity contribution in [2.45, 2.75) is 32.9 Å². The number of carbonyl (C=O) groups is 1. The van der Waals surface area contributed by atoms with E-state index in [0.717, 1.165) is 11.3 Å². The minimum atomic E-state index is -0.538. The number of rotatable bonds is 6. The van der Waals surface area contributed by atoms with Gasteiger partial charge >= 0.3 is 6.09 Å². The lowest BCUT2D eigenvalue weighted by atomic mass is 10.1. The molecule has 0 aliphatic carbocycles. The Morgan fingerprint density at radius 3 is 2.42 bits per heavy atom. The van der Waals surface area contributed by atoms with Gasteiger partial charge < -0.3 is 19.9 Å². The Bertz CT molecular complexity index is 389. The molecule has 1 aromatic carbocycles. The number of hydrogen-bond acceptors (Lipinski definition) is 4. The molecule has 1 amide bonds. The summed E-state index contributed by atoms with van der Waals surface area (Å²) >= 11 is 0. The average molecular weight is 267 g/mol. The first-order valence-electron chi connectivity index (χ1n) is 6.33. The SMILES string of the molecule is CC(C)Oc1ccc(C(C)NC(=O)OCCO)cc1. The molecule has 0 heterocycles. The Hall–Kier alpha value is -1.75. The fourth-order valence-corrected chi connectivity index (χ4v) is 1.55. The highest BCUT2D eigenvalue weighted by molar-refractivity contribution is 5.67. The van der Waals surface area contributed by atoms with E-state index in [4.69, 9.17) is 14.6 Å². The zero-order chi connectivity index (χ0) is 14.3. The van der Waals surface area contributed by atoms with Crippen molar-refractivity contribution in [1.82, 2.24) is 5.32 Å². The van der Waals surface area contributed by atoms with Crippen molar-refractivity contribution < 1.29 is 19.4 Å². The van der Waals surface area contributed by atoms with Crippen LogP contribution in [0.1, 0.15) is 32.4 Å². The highest BCUT2D eigenvalue weighted by atomic mass is 16.6. The van der Waals surface area contributed by atoms with Crippen LogP contribution in [0, 0.1) is 0 Å². The minimum Gasteiger partial charge on any atom is -0.491 e. The molecule has 0 saturated heterocycles. The van der Waals surface area contributed by atoms with Crippen molar-refractivity contribution in [2.75, 3.05) is 13.2 Å². The van der Waals surface area contributed by atoms with E-state index in [0.29, 0.717) is 0 Å². The van der Waals surface area contributed by atoms with E-state index >= 15 is 0 Å². The van der Waals surface area contributed by atoms with Gasteiger partial charge in [0.25, 0.3) is 0 Å². The van der Waals surface area contributed by atoms with Crippen LogP contribution in [0.15, 0.2) is 24.3 Å². The number of hydrogen-bond donors (Lipinski definition) is 2. The summed E-state index contributed by atoms with van der Waals surface area (Å²) in [6.45, 7) is 5.62. The number of benzene rings is 1. The van der Waals surface area contributed by atoms with Crippen molar-refractivity contribution in [3.05, 3.63) is 29.8 Å². The topological polar surface area (TPSA) is 67.8 Å². The van der Waals surface area contributed by atoms with Gasteiger partial charge in [-0.15, -0.1) is 0 Å². The van der Waals surface area contributed by atoms with E-state index in [-0.39, 0.29) is 25.4 Å². The smallest absolute Gasteiger partial charge is 0.407 e. The molecule has 1 unspecified atom stereocenters. The van der Waals surface area contributed by atoms with Crippen molar-refractivity contribution in [1.29, 1.82) is 0 Å². The van der Waals surface area contributed by atoms with Crippen molar-refractivity contribution in [3.63, 3.8) is 0 Å². The Balaban J connectivity index is 2.52. The van der Waals surface area contributed by atoms with E-state index in [1.165, 1.54) is 0 Å². The van der Waals surface area contributed by atoms with Gasteiger partial charge in [0, 0.05) is 0 Å². The number of carbonyl (C=O) groups excluding carboxylic acids is 1. The summed E-state index contributed by atoms with van der Waals surface area (Å²) in [6, 6.07) is 7.36. The number of nitrogens with one attached hydrogen (secondary N) is 1. The molecule has 1 atom stereocenters. The molecule has 0 saturated carbocycles. The molecule has 5 heteroatoms. The summed E-state index contributed by atoms with van der Waals surface area (Å²) in [5.41, 5.74) is 0.956. The van der Waals surface area contributed by atoms with Crippen LogP contribution in [-0.2, 0) is 4.74 Å². The second-order valence-corrected chi connectivity index (χ2v) is 4.46. The van der Waals surface area contributed by atoms with Crippen LogP contribution < -0.4 is 10.1 Å². The molecule has 0 radical (unpaired) electrons. The summed E-state index contributed by atoms with van der Waals surface area (Å²) in [5, 5.41) is 11.2. The lowest BCUT2D eigenvalue weighted by Gasteiger charge is -2.15. The predicted molar refractivity (Wildman–Crippen MR) is 72.2 cm³/mol. The third-order valence-electron chi connectivity index (χ3n) is 2.41. The summed E-state index contributed by atoms with van der Waals surface area (Å²) < 4.78 is 10.3. The lowest BCUT2D eigenvalue weighted by Crippen LogP contribution is -2.28. The Labute approximate surface area is 113 Å². The van der Waals surface area contributed by atoms with Crippen LogP contribution in [0.5, 0.6) is 5.75 Å². The molecule has 0 spiro atoms. The predicted octanol–water partition coefficient (Wildman–Crippen LogP) is 2.25. The number of aliphatic hydroxyl groups excluding tert-OH is 1. The maximum absolute atomic E-state index is 11.3. The summed E-state index contributed by atoms with van der Waals surface area (Å²) in [7, 11) is 0. The summed E-state index contributed by atoms with van der Waals surface area (Å²) in [5.74, 6) is 0.800. The van der Waals surface area contributed by atoms with Crippen LogP contribution in [0.25, 0.3) is 0 Å². The lowest BCUT2D eigenvalue weighted by molar-refractivity contribution is 0.116. The number of ether oxygens (including phenoxy) is 2. The molecule has 0 aromatic heterocycles. The second kappa shape index (κ2) is 7.63. The summed E-state index contributed by atoms with van der Waals surface area (Å²) in [6.07, 6.45) is -0.404. The van der Waals surface area contributed by atoms with Crippen LogP contribution in [0.3, 0.4) is 0 Å². The quantitative estimate of drug-likeness (QED) is 0.829. The Kier molecular flexibility index (Phi) is 6.15. The van der Waals surface area contributed by atoms with Gasteiger partial charge in [0.2, 0.25) is 0 Å². The van der Waals surface area contributed by atoms with Gasteiger partial charge in [0.05, 0.1) is 18.8 Å². The number of amides is 1. The fraction of sp³-hybridized carbons (Fsp3) is 0.500. The first-order chi connectivity index (χ1) is 9.02. The third kappa shape index (κ3) is 5.61. The summed E-state index contributed by atoms with van der Waals surface area (Å²) in [4.78, 5) is 11.3. The fourth-order valence-electron chi connectivity index (χ4n) is 1.55. The Morgan fingerprint density at radius 2 is 1.89 bits per heavy atom. The van der Waals surface area contributed by atoms with Gasteiger partial charge in [-0.25, -0.2) is 4.79 Å². The Morgan fingerprint density at radius 1 is 1.26 bits per heavy atom. The normalized spacial score (nSPS) is 12.1. The minimum absolute atomic E-state index is 0.000278. The maximum atomic E-state index is 11.3. The monoisotopic (exact) mass is 267 g/mol. The van der Waals surface area contributed by atoms with Crippen LogP contribution >= 0.6 is 0 Å². The molecule has 1 aromatic rings. The first-order valence-corrected chi connectivity index (χ1v) is 6.33. The van der Waals surface area contributed by atoms with Crippen molar-refractivity contribution in [2.24, 2.45) is 0 Å². The molecule has 106 valence electrons. The molecule has 0 aliphatic rings. The van der Waals surface area contributed by atoms with Gasteiger partial charge in [0.1, 0.15) is 12.4 Å². The van der Waals surface area contributed by atoms with E-state index in [2.05, 4.69) is 5.32 Å². The zero-order valence-electron chi connectivity index (χ0n) is 11.6. The zero-order valence-corrected chi connectivity index (χ0v) is 11.6. The van der Waals surface area contributed by atoms with E-state index in [1.54, 1.807) is 0 Å². The van der Waals surface area contributed by atoms with E-state index < -0.39 is 6.09 Å². The third-order valence-corrected chi connectivity index (χ3v) is 2.41. The molecule has 2 N–H and O–H groups in total.